The summed E-state index contributed by atoms with van der Waals surface area (Å²) in [6, 6.07) is 20.0. The van der Waals surface area contributed by atoms with Gasteiger partial charge in [0.2, 0.25) is 14.8 Å². The van der Waals surface area contributed by atoms with Crippen LogP contribution in [0.25, 0.3) is 10.6 Å². The lowest BCUT2D eigenvalue weighted by Gasteiger charge is -2.26. The molecule has 2 aromatic carbocycles. The minimum Gasteiger partial charge on any atom is -0.379 e. The van der Waals surface area contributed by atoms with Gasteiger partial charge in [-0.25, -0.2) is 18.1 Å². The fourth-order valence-electron chi connectivity index (χ4n) is 3.80. The maximum absolute atomic E-state index is 12.9. The van der Waals surface area contributed by atoms with Gasteiger partial charge in [-0.15, -0.1) is 22.7 Å². The highest BCUT2D eigenvalue weighted by Gasteiger charge is 2.26. The summed E-state index contributed by atoms with van der Waals surface area (Å²) in [5.41, 5.74) is 3.81. The van der Waals surface area contributed by atoms with Crippen molar-refractivity contribution in [3.63, 3.8) is 0 Å². The molecule has 188 valence electrons. The van der Waals surface area contributed by atoms with Crippen LogP contribution in [0, 0.1) is 11.3 Å². The highest BCUT2D eigenvalue weighted by molar-refractivity contribution is 7.89. The number of hydrogen-bond donors (Lipinski definition) is 0. The number of hydrogen-bond acceptors (Lipinski definition) is 8. The van der Waals surface area contributed by atoms with E-state index in [0.717, 1.165) is 21.8 Å². The van der Waals surface area contributed by atoms with E-state index >= 15 is 0 Å². The molecule has 37 heavy (non-hydrogen) atoms. The summed E-state index contributed by atoms with van der Waals surface area (Å²) in [7, 11) is -3.57. The van der Waals surface area contributed by atoms with E-state index in [2.05, 4.69) is 6.07 Å². The summed E-state index contributed by atoms with van der Waals surface area (Å²) in [4.78, 5) is 6.74. The molecular weight excluding hydrogens is 527 g/mol. The summed E-state index contributed by atoms with van der Waals surface area (Å²) < 4.78 is 34.4. The summed E-state index contributed by atoms with van der Waals surface area (Å²) in [5, 5.41) is 18.0. The van der Waals surface area contributed by atoms with Crippen LogP contribution in [0.15, 0.2) is 86.4 Å². The highest BCUT2D eigenvalue weighted by atomic mass is 32.2. The van der Waals surface area contributed by atoms with E-state index in [1.165, 1.54) is 15.6 Å². The number of thiazole rings is 1. The minimum absolute atomic E-state index is 0.237. The van der Waals surface area contributed by atoms with Crippen molar-refractivity contribution in [2.24, 2.45) is 10.1 Å². The summed E-state index contributed by atoms with van der Waals surface area (Å²) in [6.45, 7) is 3.43. The molecule has 1 fully saturated rings. The molecule has 3 heterocycles. The van der Waals surface area contributed by atoms with Gasteiger partial charge in [-0.3, -0.25) is 0 Å². The maximum atomic E-state index is 12.9. The van der Waals surface area contributed by atoms with E-state index in [1.807, 2.05) is 46.6 Å². The third kappa shape index (κ3) is 5.49. The molecule has 0 amide bonds. The molecule has 0 saturated carbocycles. The van der Waals surface area contributed by atoms with Crippen LogP contribution in [0.4, 0.5) is 5.69 Å². The fraction of sp³-hybridized carbons (Fsp3) is 0.192. The van der Waals surface area contributed by atoms with Gasteiger partial charge in [-0.05, 0) is 60.3 Å². The van der Waals surface area contributed by atoms with Crippen LogP contribution < -0.4 is 4.80 Å². The van der Waals surface area contributed by atoms with Crippen LogP contribution in [-0.4, -0.2) is 49.4 Å². The molecule has 0 radical (unpaired) electrons. The summed E-state index contributed by atoms with van der Waals surface area (Å²) >= 11 is 3.07. The van der Waals surface area contributed by atoms with Crippen molar-refractivity contribution in [3.05, 3.63) is 87.4 Å². The first kappa shape index (κ1) is 25.3. The molecule has 2 aromatic heterocycles. The molecule has 0 N–H and O–H groups in total. The van der Waals surface area contributed by atoms with Gasteiger partial charge in [-0.2, -0.15) is 14.7 Å². The maximum Gasteiger partial charge on any atom is 0.243 e. The molecular formula is C26H23N5O3S3. The molecule has 11 heteroatoms. The quantitative estimate of drug-likeness (QED) is 0.326. The molecule has 1 aliphatic rings. The summed E-state index contributed by atoms with van der Waals surface area (Å²) in [6.07, 6.45) is 0. The molecule has 5 rings (SSSR count). The van der Waals surface area contributed by atoms with Gasteiger partial charge >= 0.3 is 0 Å². The zero-order chi connectivity index (χ0) is 25.8. The van der Waals surface area contributed by atoms with Gasteiger partial charge in [0, 0.05) is 18.5 Å². The Labute approximate surface area is 223 Å². The number of nitriles is 1. The Balaban J connectivity index is 1.52. The Morgan fingerprint density at radius 1 is 1.03 bits per heavy atom. The van der Waals surface area contributed by atoms with Crippen molar-refractivity contribution in [1.82, 2.24) is 8.98 Å². The highest BCUT2D eigenvalue weighted by Crippen LogP contribution is 2.26. The standard InChI is InChI=1S/C26H23N5O3S3/c1-19(21-6-4-20(17-27)5-7-21)29-31-24(25-3-2-16-35-25)18-36-26(31)28-22-8-10-23(11-9-22)37(32,33)30-12-14-34-15-13-30/h2-11,16,18H,12-15H2,1H3. The largest absolute Gasteiger partial charge is 0.379 e. The van der Waals surface area contributed by atoms with E-state index in [1.54, 1.807) is 47.7 Å². The van der Waals surface area contributed by atoms with Crippen LogP contribution in [0.1, 0.15) is 18.1 Å². The SMILES string of the molecule is CC(=Nn1c(-c2cccs2)csc1=Nc1ccc(S(=O)(=O)N2CCOCC2)cc1)c1ccc(C#N)cc1. The molecule has 1 aliphatic heterocycles. The predicted octanol–water partition coefficient (Wildman–Crippen LogP) is 4.68. The van der Waals surface area contributed by atoms with Crippen molar-refractivity contribution < 1.29 is 13.2 Å². The number of morpholine rings is 1. The number of rotatable bonds is 6. The molecule has 0 spiro atoms. The Hall–Kier alpha value is -3.40. The average molecular weight is 550 g/mol. The summed E-state index contributed by atoms with van der Waals surface area (Å²) in [5.74, 6) is 0. The molecule has 1 saturated heterocycles. The molecule has 4 aromatic rings. The Morgan fingerprint density at radius 3 is 2.41 bits per heavy atom. The molecule has 0 aliphatic carbocycles. The lowest BCUT2D eigenvalue weighted by molar-refractivity contribution is 0.0730. The van der Waals surface area contributed by atoms with Gasteiger partial charge in [0.15, 0.2) is 0 Å². The zero-order valence-corrected chi connectivity index (χ0v) is 22.4. The van der Waals surface area contributed by atoms with Gasteiger partial charge in [0.25, 0.3) is 0 Å². The Bertz CT molecular complexity index is 1620. The van der Waals surface area contributed by atoms with Gasteiger partial charge in [-0.1, -0.05) is 18.2 Å². The van der Waals surface area contributed by atoms with Crippen molar-refractivity contribution in [1.29, 1.82) is 5.26 Å². The topological polar surface area (TPSA) is 100 Å². The van der Waals surface area contributed by atoms with E-state index < -0.39 is 10.0 Å². The smallest absolute Gasteiger partial charge is 0.243 e. The number of sulfonamides is 1. The first-order valence-corrected chi connectivity index (χ1v) is 14.7. The monoisotopic (exact) mass is 549 g/mol. The molecule has 8 nitrogen and oxygen atoms in total. The van der Waals surface area contributed by atoms with Crippen LogP contribution in [0.3, 0.4) is 0 Å². The average Bonchev–Trinajstić information content (AvgIpc) is 3.60. The van der Waals surface area contributed by atoms with Crippen LogP contribution in [0.5, 0.6) is 0 Å². The number of thiophene rings is 1. The van der Waals surface area contributed by atoms with E-state index in [-0.39, 0.29) is 4.90 Å². The number of aromatic nitrogens is 1. The first-order chi connectivity index (χ1) is 18.0. The van der Waals surface area contributed by atoms with Crippen molar-refractivity contribution >= 4 is 44.1 Å². The third-order valence-corrected chi connectivity index (χ3v) is 9.43. The van der Waals surface area contributed by atoms with Gasteiger partial charge in [0.05, 0.1) is 51.7 Å². The van der Waals surface area contributed by atoms with Gasteiger partial charge in [0.1, 0.15) is 0 Å². The number of ether oxygens (including phenoxy) is 1. The third-order valence-electron chi connectivity index (χ3n) is 5.81. The molecule has 0 bridgehead atoms. The van der Waals surface area contributed by atoms with Crippen molar-refractivity contribution in [2.75, 3.05) is 26.3 Å². The predicted molar refractivity (Wildman–Crippen MR) is 146 cm³/mol. The Morgan fingerprint density at radius 2 is 1.76 bits per heavy atom. The molecule has 0 atom stereocenters. The second-order valence-electron chi connectivity index (χ2n) is 8.19. The normalized spacial score (nSPS) is 15.6. The van der Waals surface area contributed by atoms with E-state index in [4.69, 9.17) is 20.1 Å². The first-order valence-electron chi connectivity index (χ1n) is 11.5. The van der Waals surface area contributed by atoms with Gasteiger partial charge < -0.3 is 4.74 Å². The fourth-order valence-corrected chi connectivity index (χ4v) is 6.85. The second-order valence-corrected chi connectivity index (χ2v) is 11.9. The van der Waals surface area contributed by atoms with Crippen molar-refractivity contribution in [2.45, 2.75) is 11.8 Å². The van der Waals surface area contributed by atoms with Crippen molar-refractivity contribution in [3.8, 4) is 16.6 Å². The second kappa shape index (κ2) is 10.9. The zero-order valence-electron chi connectivity index (χ0n) is 19.9. The minimum atomic E-state index is -3.57. The number of benzene rings is 2. The Kier molecular flexibility index (Phi) is 7.45. The molecule has 0 unspecified atom stereocenters. The number of nitrogens with zero attached hydrogens (tertiary/aromatic N) is 5. The van der Waals surface area contributed by atoms with E-state index in [9.17, 15) is 8.42 Å². The lowest BCUT2D eigenvalue weighted by atomic mass is 10.1. The van der Waals surface area contributed by atoms with Crippen LogP contribution >= 0.6 is 22.7 Å². The van der Waals surface area contributed by atoms with Crippen LogP contribution in [0.2, 0.25) is 0 Å². The van der Waals surface area contributed by atoms with E-state index in [0.29, 0.717) is 42.4 Å². The van der Waals surface area contributed by atoms with Crippen LogP contribution in [-0.2, 0) is 14.8 Å². The lowest BCUT2D eigenvalue weighted by Crippen LogP contribution is -2.40.